The summed E-state index contributed by atoms with van der Waals surface area (Å²) in [6, 6.07) is 0. The average Bonchev–Trinajstić information content (AvgIpc) is 3.43. The lowest BCUT2D eigenvalue weighted by molar-refractivity contribution is -0.917. The number of unbranched alkanes of at least 4 members (excludes halogenated alkanes) is 29. The third-order valence-electron chi connectivity index (χ3n) is 10.2. The molecule has 0 spiro atoms. The molecule has 0 aromatic carbocycles. The van der Waals surface area contributed by atoms with Gasteiger partial charge in [-0.05, 0) is 25.7 Å². The molecular formula is C39H80N+. The van der Waals surface area contributed by atoms with Gasteiger partial charge in [0.05, 0.1) is 26.2 Å². The van der Waals surface area contributed by atoms with Gasteiger partial charge >= 0.3 is 0 Å². The molecule has 0 unspecified atom stereocenters. The lowest BCUT2D eigenvalue weighted by Crippen LogP contribution is -2.46. The molecule has 0 aromatic heterocycles. The van der Waals surface area contributed by atoms with E-state index >= 15 is 0 Å². The van der Waals surface area contributed by atoms with Gasteiger partial charge in [0.1, 0.15) is 0 Å². The van der Waals surface area contributed by atoms with Crippen molar-refractivity contribution in [1.29, 1.82) is 0 Å². The quantitative estimate of drug-likeness (QED) is 0.0551. The Hall–Kier alpha value is -0.0400. The highest BCUT2D eigenvalue weighted by Gasteiger charge is 2.30. The molecule has 0 amide bonds. The van der Waals surface area contributed by atoms with Gasteiger partial charge in [0.15, 0.2) is 0 Å². The fraction of sp³-hybridized carbons (Fsp3) is 1.00. The molecule has 0 N–H and O–H groups in total. The maximum Gasteiger partial charge on any atom is 0.0788 e. The van der Waals surface area contributed by atoms with Crippen molar-refractivity contribution in [1.82, 2.24) is 0 Å². The molecule has 0 bridgehead atoms. The normalized spacial score (nSPS) is 14.8. The van der Waals surface area contributed by atoms with E-state index in [1.54, 1.807) is 0 Å². The summed E-state index contributed by atoms with van der Waals surface area (Å²) in [6.07, 6.45) is 48.9. The summed E-state index contributed by atoms with van der Waals surface area (Å²) in [5.74, 6) is 0. The Morgan fingerprint density at radius 1 is 0.275 bits per heavy atom. The molecule has 0 radical (unpaired) electrons. The van der Waals surface area contributed by atoms with Crippen LogP contribution in [0.2, 0.25) is 0 Å². The van der Waals surface area contributed by atoms with E-state index < -0.39 is 0 Å². The maximum atomic E-state index is 2.31. The molecule has 0 aliphatic carbocycles. The molecule has 1 aliphatic rings. The van der Waals surface area contributed by atoms with Crippen molar-refractivity contribution in [2.24, 2.45) is 0 Å². The topological polar surface area (TPSA) is 0 Å². The fourth-order valence-corrected chi connectivity index (χ4v) is 7.38. The van der Waals surface area contributed by atoms with Crippen LogP contribution in [0.5, 0.6) is 0 Å². The van der Waals surface area contributed by atoms with Crippen LogP contribution in [0.3, 0.4) is 0 Å². The van der Waals surface area contributed by atoms with Gasteiger partial charge in [0.25, 0.3) is 0 Å². The molecule has 1 aliphatic heterocycles. The van der Waals surface area contributed by atoms with E-state index in [-0.39, 0.29) is 0 Å². The van der Waals surface area contributed by atoms with Crippen LogP contribution in [0.1, 0.15) is 226 Å². The predicted molar refractivity (Wildman–Crippen MR) is 183 cm³/mol. The van der Waals surface area contributed by atoms with Gasteiger partial charge < -0.3 is 4.48 Å². The van der Waals surface area contributed by atoms with E-state index in [9.17, 15) is 0 Å². The van der Waals surface area contributed by atoms with Gasteiger partial charge in [-0.1, -0.05) is 187 Å². The summed E-state index contributed by atoms with van der Waals surface area (Å²) >= 11 is 0. The van der Waals surface area contributed by atoms with Crippen molar-refractivity contribution in [3.05, 3.63) is 0 Å². The second-order valence-electron chi connectivity index (χ2n) is 14.2. The minimum absolute atomic E-state index is 1.37. The number of hydrogen-bond donors (Lipinski definition) is 0. The van der Waals surface area contributed by atoms with Crippen molar-refractivity contribution >= 4 is 0 Å². The zero-order chi connectivity index (χ0) is 28.7. The first-order valence-electron chi connectivity index (χ1n) is 19.7. The van der Waals surface area contributed by atoms with Crippen molar-refractivity contribution in [2.75, 3.05) is 26.2 Å². The molecule has 1 nitrogen and oxygen atoms in total. The Morgan fingerprint density at radius 3 is 0.700 bits per heavy atom. The van der Waals surface area contributed by atoms with Gasteiger partial charge in [0, 0.05) is 12.8 Å². The van der Waals surface area contributed by atoms with E-state index in [0.29, 0.717) is 0 Å². The van der Waals surface area contributed by atoms with Crippen molar-refractivity contribution < 1.29 is 4.48 Å². The van der Waals surface area contributed by atoms with Crippen LogP contribution in [0, 0.1) is 0 Å². The number of nitrogens with zero attached hydrogens (tertiary/aromatic N) is 1. The first-order chi connectivity index (χ1) is 19.8. The molecule has 0 saturated carbocycles. The highest BCUT2D eigenvalue weighted by atomic mass is 15.4. The Bertz CT molecular complexity index is 465. The van der Waals surface area contributed by atoms with Gasteiger partial charge in [0.2, 0.25) is 0 Å². The molecule has 1 heterocycles. The standard InChI is InChI=1S/C39H80N/c1-3-5-7-9-11-13-15-17-19-20-21-23-25-27-29-31-33-37-40(38-34-35-39-40)36-32-30-28-26-24-22-18-16-14-12-10-8-6-4-2/h3-39H2,1-2H3/q+1. The first-order valence-corrected chi connectivity index (χ1v) is 19.7. The number of quaternary nitrogens is 1. The summed E-state index contributed by atoms with van der Waals surface area (Å²) in [5, 5.41) is 0. The van der Waals surface area contributed by atoms with Crippen LogP contribution in [0.25, 0.3) is 0 Å². The van der Waals surface area contributed by atoms with Crippen LogP contribution in [-0.4, -0.2) is 30.7 Å². The lowest BCUT2D eigenvalue weighted by atomic mass is 10.0. The van der Waals surface area contributed by atoms with Crippen molar-refractivity contribution in [3.8, 4) is 0 Å². The van der Waals surface area contributed by atoms with Gasteiger partial charge in [-0.2, -0.15) is 0 Å². The van der Waals surface area contributed by atoms with E-state index in [2.05, 4.69) is 13.8 Å². The number of rotatable bonds is 33. The molecular weight excluding hydrogens is 482 g/mol. The van der Waals surface area contributed by atoms with Crippen molar-refractivity contribution in [2.45, 2.75) is 226 Å². The van der Waals surface area contributed by atoms with Gasteiger partial charge in [-0.15, -0.1) is 0 Å². The summed E-state index contributed by atoms with van der Waals surface area (Å²) in [4.78, 5) is 0. The number of hydrogen-bond acceptors (Lipinski definition) is 0. The monoisotopic (exact) mass is 563 g/mol. The van der Waals surface area contributed by atoms with Crippen LogP contribution < -0.4 is 0 Å². The van der Waals surface area contributed by atoms with Crippen molar-refractivity contribution in [3.63, 3.8) is 0 Å². The molecule has 40 heavy (non-hydrogen) atoms. The van der Waals surface area contributed by atoms with Gasteiger partial charge in [-0.25, -0.2) is 0 Å². The smallest absolute Gasteiger partial charge is 0.0788 e. The Kier molecular flexibility index (Phi) is 28.9. The van der Waals surface area contributed by atoms with Gasteiger partial charge in [-0.3, -0.25) is 0 Å². The minimum atomic E-state index is 1.37. The van der Waals surface area contributed by atoms with E-state index in [0.717, 1.165) is 0 Å². The Morgan fingerprint density at radius 2 is 0.475 bits per heavy atom. The van der Waals surface area contributed by atoms with E-state index in [1.807, 2.05) is 0 Å². The zero-order valence-electron chi connectivity index (χ0n) is 28.6. The van der Waals surface area contributed by atoms with E-state index in [1.165, 1.54) is 243 Å². The summed E-state index contributed by atoms with van der Waals surface area (Å²) in [7, 11) is 0. The molecule has 1 rings (SSSR count). The second kappa shape index (κ2) is 30.4. The molecule has 240 valence electrons. The lowest BCUT2D eigenvalue weighted by Gasteiger charge is -2.34. The van der Waals surface area contributed by atoms with Crippen LogP contribution >= 0.6 is 0 Å². The van der Waals surface area contributed by atoms with E-state index in [4.69, 9.17) is 0 Å². The molecule has 1 fully saturated rings. The third-order valence-corrected chi connectivity index (χ3v) is 10.2. The zero-order valence-corrected chi connectivity index (χ0v) is 28.6. The molecule has 1 saturated heterocycles. The summed E-state index contributed by atoms with van der Waals surface area (Å²) in [6.45, 7) is 10.6. The highest BCUT2D eigenvalue weighted by molar-refractivity contribution is 4.58. The molecule has 0 atom stereocenters. The minimum Gasteiger partial charge on any atom is -0.324 e. The second-order valence-corrected chi connectivity index (χ2v) is 14.2. The van der Waals surface area contributed by atoms with Crippen LogP contribution in [-0.2, 0) is 0 Å². The highest BCUT2D eigenvalue weighted by Crippen LogP contribution is 2.23. The Labute approximate surface area is 256 Å². The SMILES string of the molecule is CCCCCCCCCCCCCCCCCCC[N+]1(CCCCCCCCCCCCCCCC)CCCC1. The fourth-order valence-electron chi connectivity index (χ4n) is 7.38. The van der Waals surface area contributed by atoms with Crippen LogP contribution in [0.15, 0.2) is 0 Å². The first kappa shape index (κ1) is 38.0. The molecule has 0 aromatic rings. The van der Waals surface area contributed by atoms with Crippen LogP contribution in [0.4, 0.5) is 0 Å². The number of likely N-dealkylation sites (tertiary alicyclic amines) is 1. The average molecular weight is 563 g/mol. The summed E-state index contributed by atoms with van der Waals surface area (Å²) in [5.41, 5.74) is 0. The summed E-state index contributed by atoms with van der Waals surface area (Å²) < 4.78 is 1.50. The maximum absolute atomic E-state index is 2.31. The molecule has 1 heteroatoms. The largest absolute Gasteiger partial charge is 0.324 e. The Balaban J connectivity index is 1.85. The predicted octanol–water partition coefficient (Wildman–Crippen LogP) is 13.7. The third kappa shape index (κ3) is 24.5.